The summed E-state index contributed by atoms with van der Waals surface area (Å²) in [5, 5.41) is 1.49. The van der Waals surface area contributed by atoms with E-state index in [1.165, 1.54) is 0 Å². The number of nitrogens with zero attached hydrogens (tertiary/aromatic N) is 1. The zero-order valence-corrected chi connectivity index (χ0v) is 9.67. The van der Waals surface area contributed by atoms with E-state index in [0.717, 1.165) is 17.5 Å². The largest absolute Gasteiger partial charge is 0.327 e. The Balaban J connectivity index is 2.86. The molecular weight excluding hydrogens is 203 g/mol. The fourth-order valence-electron chi connectivity index (χ4n) is 1.37. The molecule has 0 aromatic heterocycles. The fraction of sp³-hybridized carbons (Fsp3) is 0.875. The number of nitrogens with one attached hydrogen (secondary N) is 1. The first-order valence-corrected chi connectivity index (χ1v) is 6.37. The third-order valence-corrected chi connectivity index (χ3v) is 5.03. The van der Waals surface area contributed by atoms with Gasteiger partial charge in [0, 0.05) is 6.54 Å². The number of hydrogen-bond donors (Lipinski definition) is 2. The molecule has 0 aliphatic carbocycles. The van der Waals surface area contributed by atoms with Crippen molar-refractivity contribution in [3.05, 3.63) is 0 Å². The number of urea groups is 1. The highest BCUT2D eigenvalue weighted by Gasteiger charge is 2.53. The van der Waals surface area contributed by atoms with E-state index in [2.05, 4.69) is 5.32 Å². The Morgan fingerprint density at radius 1 is 1.57 bits per heavy atom. The van der Waals surface area contributed by atoms with E-state index in [-0.39, 0.29) is 0 Å². The molecule has 1 heterocycles. The van der Waals surface area contributed by atoms with Crippen molar-refractivity contribution in [2.24, 2.45) is 0 Å². The summed E-state index contributed by atoms with van der Waals surface area (Å²) in [4.78, 5) is 21.2. The third-order valence-electron chi connectivity index (χ3n) is 2.43. The molecule has 1 aliphatic heterocycles. The minimum Gasteiger partial charge on any atom is -0.327 e. The van der Waals surface area contributed by atoms with Gasteiger partial charge in [-0.15, -0.1) is 0 Å². The van der Waals surface area contributed by atoms with Gasteiger partial charge in [0.1, 0.15) is 5.28 Å². The maximum absolute atomic E-state index is 11.9. The molecule has 2 amide bonds. The molecular formula is C8H17N2O3P. The summed E-state index contributed by atoms with van der Waals surface area (Å²) in [6.07, 6.45) is 1.64. The maximum Gasteiger partial charge on any atom is 0.325 e. The van der Waals surface area contributed by atoms with Crippen LogP contribution in [0.4, 0.5) is 4.79 Å². The molecule has 1 aliphatic rings. The van der Waals surface area contributed by atoms with Crippen molar-refractivity contribution in [2.45, 2.75) is 38.9 Å². The van der Waals surface area contributed by atoms with E-state index in [9.17, 15) is 14.3 Å². The third kappa shape index (κ3) is 1.66. The number of amides is 2. The smallest absolute Gasteiger partial charge is 0.325 e. The Hall–Kier alpha value is -0.540. The molecule has 1 atom stereocenters. The number of carbonyl (C=O) groups is 1. The van der Waals surface area contributed by atoms with Crippen molar-refractivity contribution < 1.29 is 14.3 Å². The zero-order chi connectivity index (χ0) is 11.0. The summed E-state index contributed by atoms with van der Waals surface area (Å²) in [5.74, 6) is 0. The Labute approximate surface area is 84.0 Å². The molecule has 0 aromatic rings. The van der Waals surface area contributed by atoms with Gasteiger partial charge in [-0.2, -0.15) is 0 Å². The van der Waals surface area contributed by atoms with Crippen molar-refractivity contribution in [3.63, 3.8) is 0 Å². The van der Waals surface area contributed by atoms with Gasteiger partial charge < -0.3 is 10.2 Å². The molecule has 1 unspecified atom stereocenters. The molecule has 1 rings (SSSR count). The van der Waals surface area contributed by atoms with Gasteiger partial charge in [0.15, 0.2) is 0 Å². The SMILES string of the molecule is CCCCN1C(=O)NC(C)(C)P1(=O)O. The van der Waals surface area contributed by atoms with Crippen LogP contribution in [0.15, 0.2) is 0 Å². The fourth-order valence-corrected chi connectivity index (χ4v) is 2.92. The summed E-state index contributed by atoms with van der Waals surface area (Å²) in [5.41, 5.74) is 0. The second-order valence-corrected chi connectivity index (χ2v) is 6.70. The number of rotatable bonds is 3. The summed E-state index contributed by atoms with van der Waals surface area (Å²) >= 11 is 0. The molecule has 2 N–H and O–H groups in total. The van der Waals surface area contributed by atoms with Gasteiger partial charge in [0.05, 0.1) is 0 Å². The van der Waals surface area contributed by atoms with Crippen LogP contribution in [0.25, 0.3) is 0 Å². The van der Waals surface area contributed by atoms with Gasteiger partial charge in [-0.25, -0.2) is 4.79 Å². The Morgan fingerprint density at radius 2 is 2.14 bits per heavy atom. The van der Waals surface area contributed by atoms with Gasteiger partial charge in [0.25, 0.3) is 0 Å². The normalized spacial score (nSPS) is 30.6. The van der Waals surface area contributed by atoms with E-state index >= 15 is 0 Å². The average Bonchev–Trinajstić information content (AvgIpc) is 2.16. The van der Waals surface area contributed by atoms with Crippen LogP contribution in [0.2, 0.25) is 0 Å². The first kappa shape index (κ1) is 11.5. The first-order chi connectivity index (χ1) is 6.33. The molecule has 0 saturated carbocycles. The Morgan fingerprint density at radius 3 is 2.50 bits per heavy atom. The minimum absolute atomic E-state index is 0.347. The Bertz CT molecular complexity index is 290. The summed E-state index contributed by atoms with van der Waals surface area (Å²) in [6, 6.07) is -0.436. The predicted molar refractivity (Wildman–Crippen MR) is 54.1 cm³/mol. The first-order valence-electron chi connectivity index (χ1n) is 4.76. The van der Waals surface area contributed by atoms with E-state index < -0.39 is 18.8 Å². The van der Waals surface area contributed by atoms with Crippen LogP contribution in [-0.2, 0) is 4.57 Å². The lowest BCUT2D eigenvalue weighted by molar-refractivity contribution is 0.225. The average molecular weight is 220 g/mol. The van der Waals surface area contributed by atoms with Crippen molar-refractivity contribution in [2.75, 3.05) is 6.54 Å². The van der Waals surface area contributed by atoms with Gasteiger partial charge in [-0.3, -0.25) is 9.24 Å². The van der Waals surface area contributed by atoms with Crippen LogP contribution < -0.4 is 5.32 Å². The molecule has 6 heteroatoms. The van der Waals surface area contributed by atoms with E-state index in [1.807, 2.05) is 6.92 Å². The zero-order valence-electron chi connectivity index (χ0n) is 8.78. The summed E-state index contributed by atoms with van der Waals surface area (Å²) < 4.78 is 13.0. The number of unbranched alkanes of at least 4 members (excludes halogenated alkanes) is 1. The van der Waals surface area contributed by atoms with E-state index in [0.29, 0.717) is 6.54 Å². The predicted octanol–water partition coefficient (Wildman–Crippen LogP) is 1.73. The van der Waals surface area contributed by atoms with Crippen LogP contribution in [-0.4, -0.2) is 27.4 Å². The second kappa shape index (κ2) is 3.55. The topological polar surface area (TPSA) is 69.6 Å². The molecule has 82 valence electrons. The lowest BCUT2D eigenvalue weighted by Crippen LogP contribution is -2.34. The molecule has 14 heavy (non-hydrogen) atoms. The van der Waals surface area contributed by atoms with Crippen LogP contribution in [0, 0.1) is 0 Å². The van der Waals surface area contributed by atoms with Crippen molar-refractivity contribution in [3.8, 4) is 0 Å². The minimum atomic E-state index is -3.57. The maximum atomic E-state index is 11.9. The van der Waals surface area contributed by atoms with E-state index in [4.69, 9.17) is 0 Å². The monoisotopic (exact) mass is 220 g/mol. The van der Waals surface area contributed by atoms with Crippen LogP contribution in [0.3, 0.4) is 0 Å². The van der Waals surface area contributed by atoms with Crippen molar-refractivity contribution in [1.82, 2.24) is 9.99 Å². The van der Waals surface area contributed by atoms with E-state index in [1.54, 1.807) is 13.8 Å². The van der Waals surface area contributed by atoms with Gasteiger partial charge in [-0.05, 0) is 20.3 Å². The Kier molecular flexibility index (Phi) is 2.93. The quantitative estimate of drug-likeness (QED) is 0.711. The highest BCUT2D eigenvalue weighted by Crippen LogP contribution is 2.59. The lowest BCUT2D eigenvalue weighted by Gasteiger charge is -2.25. The van der Waals surface area contributed by atoms with Gasteiger partial charge in [-0.1, -0.05) is 13.3 Å². The number of hydrogen-bond acceptors (Lipinski definition) is 2. The molecule has 5 nitrogen and oxygen atoms in total. The van der Waals surface area contributed by atoms with Crippen molar-refractivity contribution >= 4 is 13.6 Å². The molecule has 0 radical (unpaired) electrons. The number of carbonyl (C=O) groups excluding carboxylic acids is 1. The highest BCUT2D eigenvalue weighted by molar-refractivity contribution is 7.58. The molecule has 0 bridgehead atoms. The van der Waals surface area contributed by atoms with Crippen LogP contribution in [0.1, 0.15) is 33.6 Å². The van der Waals surface area contributed by atoms with Gasteiger partial charge >= 0.3 is 13.6 Å². The van der Waals surface area contributed by atoms with Crippen LogP contribution >= 0.6 is 7.52 Å². The van der Waals surface area contributed by atoms with Crippen LogP contribution in [0.5, 0.6) is 0 Å². The lowest BCUT2D eigenvalue weighted by atomic mass is 10.3. The highest BCUT2D eigenvalue weighted by atomic mass is 31.2. The second-order valence-electron chi connectivity index (χ2n) is 4.01. The molecule has 0 spiro atoms. The standard InChI is InChI=1S/C8H17N2O3P/c1-4-5-6-10-7(11)9-8(2,3)14(10,12)13/h4-6H2,1-3H3,(H,9,11)(H,12,13). The molecule has 1 saturated heterocycles. The van der Waals surface area contributed by atoms with Gasteiger partial charge in [0.2, 0.25) is 0 Å². The molecule has 1 fully saturated rings. The summed E-state index contributed by atoms with van der Waals surface area (Å²) in [6.45, 7) is 5.45. The summed E-state index contributed by atoms with van der Waals surface area (Å²) in [7, 11) is -3.57. The van der Waals surface area contributed by atoms with Crippen molar-refractivity contribution in [1.29, 1.82) is 0 Å². The molecule has 0 aromatic carbocycles.